The molecule has 0 N–H and O–H groups in total. The lowest BCUT2D eigenvalue weighted by molar-refractivity contribution is -0.130. The molecule has 0 fully saturated rings. The summed E-state index contributed by atoms with van der Waals surface area (Å²) in [5.74, 6) is 1.58. The number of thioether (sulfide) groups is 1. The first-order chi connectivity index (χ1) is 15.7. The SMILES string of the molecule is COc1ccc(C2=NN(C(=O)CSc3ncnc4ccccc34)[C@H](c3ccco3)C2)cc1. The van der Waals surface area contributed by atoms with Crippen molar-refractivity contribution in [1.82, 2.24) is 15.0 Å². The molecular weight excluding hydrogens is 424 g/mol. The van der Waals surface area contributed by atoms with Crippen molar-refractivity contribution in [2.75, 3.05) is 12.9 Å². The topological polar surface area (TPSA) is 80.8 Å². The molecule has 1 atom stereocenters. The number of furan rings is 1. The first-order valence-electron chi connectivity index (χ1n) is 10.1. The van der Waals surface area contributed by atoms with Crippen LogP contribution >= 0.6 is 11.8 Å². The van der Waals surface area contributed by atoms with Gasteiger partial charge in [-0.15, -0.1) is 0 Å². The molecule has 32 heavy (non-hydrogen) atoms. The number of amides is 1. The molecule has 0 radical (unpaired) electrons. The van der Waals surface area contributed by atoms with Crippen molar-refractivity contribution in [3.63, 3.8) is 0 Å². The summed E-state index contributed by atoms with van der Waals surface area (Å²) >= 11 is 1.39. The van der Waals surface area contributed by atoms with E-state index in [-0.39, 0.29) is 17.7 Å². The predicted molar refractivity (Wildman–Crippen MR) is 123 cm³/mol. The monoisotopic (exact) mass is 444 g/mol. The standard InChI is InChI=1S/C24H20N4O3S/c1-30-17-10-8-16(9-11-17)20-13-21(22-7-4-12-31-22)28(27-20)23(29)14-32-24-18-5-2-3-6-19(18)25-15-26-24/h2-12,15,21H,13-14H2,1H3/t21-/m0/s1. The molecule has 3 heterocycles. The fourth-order valence-electron chi connectivity index (χ4n) is 3.69. The van der Waals surface area contributed by atoms with E-state index in [1.165, 1.54) is 23.1 Å². The van der Waals surface area contributed by atoms with Crippen LogP contribution in [-0.2, 0) is 4.79 Å². The fraction of sp³-hybridized carbons (Fsp3) is 0.167. The van der Waals surface area contributed by atoms with E-state index in [1.54, 1.807) is 13.4 Å². The van der Waals surface area contributed by atoms with Gasteiger partial charge in [0.05, 0.1) is 30.4 Å². The highest BCUT2D eigenvalue weighted by Gasteiger charge is 2.34. The molecule has 5 rings (SSSR count). The van der Waals surface area contributed by atoms with Crippen molar-refractivity contribution in [1.29, 1.82) is 0 Å². The van der Waals surface area contributed by atoms with Crippen LogP contribution in [0.25, 0.3) is 10.9 Å². The Hall–Kier alpha value is -3.65. The number of rotatable bonds is 6. The lowest BCUT2D eigenvalue weighted by Crippen LogP contribution is -2.28. The number of methoxy groups -OCH3 is 1. The summed E-state index contributed by atoms with van der Waals surface area (Å²) in [6.07, 6.45) is 3.72. The van der Waals surface area contributed by atoms with Crippen LogP contribution < -0.4 is 4.74 Å². The van der Waals surface area contributed by atoms with Crippen LogP contribution in [0.2, 0.25) is 0 Å². The number of fused-ring (bicyclic) bond motifs is 1. The summed E-state index contributed by atoms with van der Waals surface area (Å²) in [7, 11) is 1.63. The number of benzene rings is 2. The van der Waals surface area contributed by atoms with Gasteiger partial charge in [0, 0.05) is 11.8 Å². The quantitative estimate of drug-likeness (QED) is 0.317. The van der Waals surface area contributed by atoms with Crippen molar-refractivity contribution >= 4 is 34.3 Å². The number of ether oxygens (including phenoxy) is 1. The van der Waals surface area contributed by atoms with Crippen LogP contribution in [-0.4, -0.2) is 39.5 Å². The number of carbonyl (C=O) groups excluding carboxylic acids is 1. The lowest BCUT2D eigenvalue weighted by Gasteiger charge is -2.19. The van der Waals surface area contributed by atoms with Gasteiger partial charge in [-0.1, -0.05) is 30.0 Å². The predicted octanol–water partition coefficient (Wildman–Crippen LogP) is 4.70. The van der Waals surface area contributed by atoms with Crippen molar-refractivity contribution < 1.29 is 13.9 Å². The van der Waals surface area contributed by atoms with Crippen LogP contribution in [0.3, 0.4) is 0 Å². The van der Waals surface area contributed by atoms with Crippen LogP contribution in [0.15, 0.2) is 87.8 Å². The van der Waals surface area contributed by atoms with Gasteiger partial charge < -0.3 is 9.15 Å². The number of hydrazone groups is 1. The van der Waals surface area contributed by atoms with Crippen molar-refractivity contribution in [2.45, 2.75) is 17.5 Å². The third kappa shape index (κ3) is 3.97. The molecule has 0 unspecified atom stereocenters. The molecule has 7 nitrogen and oxygen atoms in total. The molecule has 2 aromatic heterocycles. The minimum Gasteiger partial charge on any atom is -0.497 e. The fourth-order valence-corrected chi connectivity index (χ4v) is 4.53. The minimum absolute atomic E-state index is 0.109. The van der Waals surface area contributed by atoms with Crippen LogP contribution in [0.5, 0.6) is 5.75 Å². The molecule has 4 aromatic rings. The zero-order valence-electron chi connectivity index (χ0n) is 17.3. The third-order valence-electron chi connectivity index (χ3n) is 5.30. The van der Waals surface area contributed by atoms with E-state index in [0.29, 0.717) is 12.2 Å². The molecule has 2 aromatic carbocycles. The van der Waals surface area contributed by atoms with Gasteiger partial charge >= 0.3 is 0 Å². The average molecular weight is 445 g/mol. The summed E-state index contributed by atoms with van der Waals surface area (Å²) in [4.78, 5) is 21.9. The van der Waals surface area contributed by atoms with Gasteiger partial charge in [-0.3, -0.25) is 4.79 Å². The number of hydrogen-bond acceptors (Lipinski definition) is 7. The van der Waals surface area contributed by atoms with Crippen molar-refractivity contribution in [3.8, 4) is 5.75 Å². The Kier molecular flexibility index (Phi) is 5.60. The molecule has 0 saturated carbocycles. The van der Waals surface area contributed by atoms with E-state index in [4.69, 9.17) is 9.15 Å². The highest BCUT2D eigenvalue weighted by Crippen LogP contribution is 2.34. The van der Waals surface area contributed by atoms with Crippen LogP contribution in [0.1, 0.15) is 23.8 Å². The number of nitrogens with zero attached hydrogens (tertiary/aromatic N) is 4. The molecule has 1 amide bonds. The molecular formula is C24H20N4O3S. The maximum Gasteiger partial charge on any atom is 0.253 e. The molecule has 0 bridgehead atoms. The number of carbonyl (C=O) groups is 1. The normalized spacial score (nSPS) is 15.7. The largest absolute Gasteiger partial charge is 0.497 e. The second kappa shape index (κ2) is 8.84. The summed E-state index contributed by atoms with van der Waals surface area (Å²) in [5.41, 5.74) is 2.64. The molecule has 160 valence electrons. The van der Waals surface area contributed by atoms with E-state index in [0.717, 1.165) is 33.0 Å². The van der Waals surface area contributed by atoms with Crippen LogP contribution in [0.4, 0.5) is 0 Å². The average Bonchev–Trinajstić information content (AvgIpc) is 3.53. The maximum absolute atomic E-state index is 13.2. The number of para-hydroxylation sites is 1. The smallest absolute Gasteiger partial charge is 0.253 e. The van der Waals surface area contributed by atoms with Gasteiger partial charge in [0.1, 0.15) is 28.9 Å². The first-order valence-corrected chi connectivity index (χ1v) is 11.1. The Labute approximate surface area is 189 Å². The Balaban J connectivity index is 1.39. The molecule has 0 saturated heterocycles. The zero-order valence-corrected chi connectivity index (χ0v) is 18.2. The van der Waals surface area contributed by atoms with Gasteiger partial charge in [-0.05, 0) is 48.0 Å². The Morgan fingerprint density at radius 2 is 1.97 bits per heavy atom. The second-order valence-electron chi connectivity index (χ2n) is 7.23. The van der Waals surface area contributed by atoms with E-state index in [2.05, 4.69) is 15.1 Å². The Morgan fingerprint density at radius 1 is 1.12 bits per heavy atom. The summed E-state index contributed by atoms with van der Waals surface area (Å²) < 4.78 is 10.9. The third-order valence-corrected chi connectivity index (χ3v) is 6.29. The van der Waals surface area contributed by atoms with E-state index >= 15 is 0 Å². The van der Waals surface area contributed by atoms with E-state index in [9.17, 15) is 4.79 Å². The summed E-state index contributed by atoms with van der Waals surface area (Å²) in [6.45, 7) is 0. The molecule has 1 aliphatic rings. The van der Waals surface area contributed by atoms with Gasteiger partial charge in [0.15, 0.2) is 0 Å². The zero-order chi connectivity index (χ0) is 21.9. The lowest BCUT2D eigenvalue weighted by atomic mass is 10.0. The van der Waals surface area contributed by atoms with Crippen molar-refractivity contribution in [3.05, 3.63) is 84.6 Å². The first kappa shape index (κ1) is 20.3. The summed E-state index contributed by atoms with van der Waals surface area (Å²) in [6, 6.07) is 18.9. The van der Waals surface area contributed by atoms with E-state index < -0.39 is 0 Å². The van der Waals surface area contributed by atoms with Gasteiger partial charge in [-0.2, -0.15) is 5.10 Å². The molecule has 8 heteroatoms. The highest BCUT2D eigenvalue weighted by atomic mass is 32.2. The van der Waals surface area contributed by atoms with Crippen LogP contribution in [0, 0.1) is 0 Å². The molecule has 0 spiro atoms. The minimum atomic E-state index is -0.280. The Morgan fingerprint density at radius 3 is 2.75 bits per heavy atom. The Bertz CT molecular complexity index is 1270. The van der Waals surface area contributed by atoms with Gasteiger partial charge in [0.25, 0.3) is 5.91 Å². The number of aromatic nitrogens is 2. The van der Waals surface area contributed by atoms with E-state index in [1.807, 2.05) is 60.7 Å². The molecule has 1 aliphatic heterocycles. The maximum atomic E-state index is 13.2. The van der Waals surface area contributed by atoms with Gasteiger partial charge in [0.2, 0.25) is 0 Å². The highest BCUT2D eigenvalue weighted by molar-refractivity contribution is 8.00. The number of hydrogen-bond donors (Lipinski definition) is 0. The second-order valence-corrected chi connectivity index (χ2v) is 8.20. The van der Waals surface area contributed by atoms with Gasteiger partial charge in [-0.25, -0.2) is 15.0 Å². The summed E-state index contributed by atoms with van der Waals surface area (Å²) in [5, 5.41) is 7.92. The molecule has 0 aliphatic carbocycles. The van der Waals surface area contributed by atoms with Crippen molar-refractivity contribution in [2.24, 2.45) is 5.10 Å².